The van der Waals surface area contributed by atoms with Crippen molar-refractivity contribution in [2.75, 3.05) is 6.54 Å². The SMILES string of the molecule is CCCC(CNC(C)(C)C)Oc1cccc2ccccc12. The van der Waals surface area contributed by atoms with Gasteiger partial charge in [0.2, 0.25) is 0 Å². The summed E-state index contributed by atoms with van der Waals surface area (Å²) in [6.45, 7) is 9.65. The second-order valence-electron chi connectivity index (χ2n) is 6.64. The molecule has 0 bridgehead atoms. The minimum absolute atomic E-state index is 0.119. The molecular weight excluding hydrogens is 258 g/mol. The Balaban J connectivity index is 2.15. The molecule has 0 heterocycles. The van der Waals surface area contributed by atoms with Gasteiger partial charge in [-0.25, -0.2) is 0 Å². The van der Waals surface area contributed by atoms with E-state index in [2.05, 4.69) is 75.5 Å². The van der Waals surface area contributed by atoms with Crippen molar-refractivity contribution in [3.05, 3.63) is 42.5 Å². The summed E-state index contributed by atoms with van der Waals surface area (Å²) in [6.07, 6.45) is 2.40. The van der Waals surface area contributed by atoms with Gasteiger partial charge in [0, 0.05) is 17.5 Å². The van der Waals surface area contributed by atoms with Crippen LogP contribution in [0.3, 0.4) is 0 Å². The van der Waals surface area contributed by atoms with Crippen LogP contribution in [0.25, 0.3) is 10.8 Å². The Hall–Kier alpha value is -1.54. The highest BCUT2D eigenvalue weighted by molar-refractivity contribution is 5.88. The zero-order chi connectivity index (χ0) is 15.3. The van der Waals surface area contributed by atoms with Gasteiger partial charge in [-0.15, -0.1) is 0 Å². The number of hydrogen-bond donors (Lipinski definition) is 1. The lowest BCUT2D eigenvalue weighted by Gasteiger charge is -2.26. The van der Waals surface area contributed by atoms with Gasteiger partial charge in [-0.1, -0.05) is 49.7 Å². The normalized spacial score (nSPS) is 13.3. The van der Waals surface area contributed by atoms with Crippen LogP contribution in [0.1, 0.15) is 40.5 Å². The lowest BCUT2D eigenvalue weighted by Crippen LogP contribution is -2.42. The monoisotopic (exact) mass is 285 g/mol. The second kappa shape index (κ2) is 6.95. The van der Waals surface area contributed by atoms with Crippen molar-refractivity contribution in [3.8, 4) is 5.75 Å². The maximum Gasteiger partial charge on any atom is 0.127 e. The van der Waals surface area contributed by atoms with Crippen molar-refractivity contribution in [2.24, 2.45) is 0 Å². The van der Waals surface area contributed by atoms with Crippen molar-refractivity contribution in [1.29, 1.82) is 0 Å². The fourth-order valence-corrected chi connectivity index (χ4v) is 2.42. The Bertz CT molecular complexity index is 566. The van der Waals surface area contributed by atoms with E-state index in [0.29, 0.717) is 0 Å². The van der Waals surface area contributed by atoms with Crippen molar-refractivity contribution < 1.29 is 4.74 Å². The van der Waals surface area contributed by atoms with Gasteiger partial charge in [-0.3, -0.25) is 0 Å². The van der Waals surface area contributed by atoms with E-state index in [1.807, 2.05) is 0 Å². The second-order valence-corrected chi connectivity index (χ2v) is 6.64. The van der Waals surface area contributed by atoms with E-state index in [1.54, 1.807) is 0 Å². The minimum Gasteiger partial charge on any atom is -0.488 e. The molecule has 0 saturated carbocycles. The first-order valence-electron chi connectivity index (χ1n) is 7.89. The summed E-state index contributed by atoms with van der Waals surface area (Å²) in [5, 5.41) is 5.97. The molecule has 0 saturated heterocycles. The summed E-state index contributed by atoms with van der Waals surface area (Å²) >= 11 is 0. The molecule has 0 aliphatic heterocycles. The first kappa shape index (κ1) is 15.8. The molecule has 2 rings (SSSR count). The van der Waals surface area contributed by atoms with Gasteiger partial charge in [0.15, 0.2) is 0 Å². The molecule has 114 valence electrons. The molecule has 2 heteroatoms. The van der Waals surface area contributed by atoms with Gasteiger partial charge < -0.3 is 10.1 Å². The molecule has 0 radical (unpaired) electrons. The van der Waals surface area contributed by atoms with Crippen molar-refractivity contribution in [1.82, 2.24) is 5.32 Å². The summed E-state index contributed by atoms with van der Waals surface area (Å²) in [5.41, 5.74) is 0.119. The molecule has 0 aromatic heterocycles. The van der Waals surface area contributed by atoms with Crippen LogP contribution in [-0.2, 0) is 0 Å². The summed E-state index contributed by atoms with van der Waals surface area (Å²) in [7, 11) is 0. The van der Waals surface area contributed by atoms with Gasteiger partial charge in [-0.2, -0.15) is 0 Å². The Morgan fingerprint density at radius 1 is 1.05 bits per heavy atom. The highest BCUT2D eigenvalue weighted by atomic mass is 16.5. The van der Waals surface area contributed by atoms with E-state index in [4.69, 9.17) is 4.74 Å². The van der Waals surface area contributed by atoms with E-state index < -0.39 is 0 Å². The van der Waals surface area contributed by atoms with E-state index in [-0.39, 0.29) is 11.6 Å². The van der Waals surface area contributed by atoms with Crippen molar-refractivity contribution in [2.45, 2.75) is 52.2 Å². The Morgan fingerprint density at radius 2 is 1.76 bits per heavy atom. The number of rotatable bonds is 6. The highest BCUT2D eigenvalue weighted by Crippen LogP contribution is 2.26. The number of hydrogen-bond acceptors (Lipinski definition) is 2. The van der Waals surface area contributed by atoms with Crippen LogP contribution >= 0.6 is 0 Å². The fraction of sp³-hybridized carbons (Fsp3) is 0.474. The first-order chi connectivity index (χ1) is 9.99. The third-order valence-electron chi connectivity index (χ3n) is 3.51. The Morgan fingerprint density at radius 3 is 2.48 bits per heavy atom. The van der Waals surface area contributed by atoms with E-state index >= 15 is 0 Å². The van der Waals surface area contributed by atoms with Gasteiger partial charge in [0.25, 0.3) is 0 Å². The summed E-state index contributed by atoms with van der Waals surface area (Å²) < 4.78 is 6.30. The molecule has 1 atom stereocenters. The minimum atomic E-state index is 0.119. The van der Waals surface area contributed by atoms with Crippen LogP contribution in [0.5, 0.6) is 5.75 Å². The van der Waals surface area contributed by atoms with Crippen LogP contribution in [0, 0.1) is 0 Å². The molecule has 21 heavy (non-hydrogen) atoms. The topological polar surface area (TPSA) is 21.3 Å². The summed E-state index contributed by atoms with van der Waals surface area (Å²) in [6, 6.07) is 14.7. The number of benzene rings is 2. The zero-order valence-corrected chi connectivity index (χ0v) is 13.6. The lowest BCUT2D eigenvalue weighted by atomic mass is 10.1. The van der Waals surface area contributed by atoms with Crippen LogP contribution in [0.4, 0.5) is 0 Å². The van der Waals surface area contributed by atoms with E-state index in [0.717, 1.165) is 25.1 Å². The molecule has 2 nitrogen and oxygen atoms in total. The fourth-order valence-electron chi connectivity index (χ4n) is 2.42. The molecule has 1 unspecified atom stereocenters. The Labute approximate surface area is 128 Å². The van der Waals surface area contributed by atoms with E-state index in [9.17, 15) is 0 Å². The predicted octanol–water partition coefficient (Wildman–Crippen LogP) is 4.78. The van der Waals surface area contributed by atoms with Crippen LogP contribution in [0.2, 0.25) is 0 Å². The third kappa shape index (κ3) is 4.75. The number of nitrogens with one attached hydrogen (secondary N) is 1. The van der Waals surface area contributed by atoms with Crippen LogP contribution in [-0.4, -0.2) is 18.2 Å². The van der Waals surface area contributed by atoms with Crippen LogP contribution < -0.4 is 10.1 Å². The molecule has 0 aliphatic carbocycles. The van der Waals surface area contributed by atoms with Gasteiger partial charge in [0.05, 0.1) is 0 Å². The first-order valence-corrected chi connectivity index (χ1v) is 7.89. The van der Waals surface area contributed by atoms with Gasteiger partial charge in [-0.05, 0) is 38.6 Å². The summed E-state index contributed by atoms with van der Waals surface area (Å²) in [4.78, 5) is 0. The smallest absolute Gasteiger partial charge is 0.127 e. The lowest BCUT2D eigenvalue weighted by molar-refractivity contribution is 0.177. The molecular formula is C19H27NO. The van der Waals surface area contributed by atoms with Gasteiger partial charge >= 0.3 is 0 Å². The molecule has 1 N–H and O–H groups in total. The summed E-state index contributed by atoms with van der Waals surface area (Å²) in [5.74, 6) is 0.988. The molecule has 0 amide bonds. The molecule has 2 aromatic carbocycles. The number of ether oxygens (including phenoxy) is 1. The largest absolute Gasteiger partial charge is 0.488 e. The molecule has 2 aromatic rings. The maximum atomic E-state index is 6.30. The average Bonchev–Trinajstić information content (AvgIpc) is 2.44. The standard InChI is InChI=1S/C19H27NO/c1-5-9-16(14-20-19(2,3)4)21-18-13-8-11-15-10-6-7-12-17(15)18/h6-8,10-13,16,20H,5,9,14H2,1-4H3. The quantitative estimate of drug-likeness (QED) is 0.825. The number of fused-ring (bicyclic) bond motifs is 1. The maximum absolute atomic E-state index is 6.30. The molecule has 0 spiro atoms. The Kier molecular flexibility index (Phi) is 5.24. The van der Waals surface area contributed by atoms with Crippen LogP contribution in [0.15, 0.2) is 42.5 Å². The highest BCUT2D eigenvalue weighted by Gasteiger charge is 2.15. The predicted molar refractivity (Wildman–Crippen MR) is 91.0 cm³/mol. The third-order valence-corrected chi connectivity index (χ3v) is 3.51. The van der Waals surface area contributed by atoms with Crippen molar-refractivity contribution >= 4 is 10.8 Å². The average molecular weight is 285 g/mol. The van der Waals surface area contributed by atoms with Crippen molar-refractivity contribution in [3.63, 3.8) is 0 Å². The van der Waals surface area contributed by atoms with Gasteiger partial charge in [0.1, 0.15) is 11.9 Å². The zero-order valence-electron chi connectivity index (χ0n) is 13.6. The van der Waals surface area contributed by atoms with E-state index in [1.165, 1.54) is 10.8 Å². The molecule has 0 fully saturated rings. The molecule has 0 aliphatic rings.